The van der Waals surface area contributed by atoms with Crippen LogP contribution in [-0.4, -0.2) is 50.2 Å². The topological polar surface area (TPSA) is 95.6 Å². The lowest BCUT2D eigenvalue weighted by molar-refractivity contribution is -0.118. The average molecular weight is 498 g/mol. The third-order valence-corrected chi connectivity index (χ3v) is 8.32. The van der Waals surface area contributed by atoms with Gasteiger partial charge in [-0.05, 0) is 67.0 Å². The first-order chi connectivity index (χ1) is 16.7. The molecule has 1 aliphatic heterocycles. The molecule has 1 aliphatic rings. The Morgan fingerprint density at radius 3 is 2.23 bits per heavy atom. The van der Waals surface area contributed by atoms with Crippen molar-refractivity contribution in [3.63, 3.8) is 0 Å². The average Bonchev–Trinajstić information content (AvgIpc) is 2.86. The molecular formula is C27H35N3O4S. The van der Waals surface area contributed by atoms with Gasteiger partial charge in [0.25, 0.3) is 5.91 Å². The van der Waals surface area contributed by atoms with Gasteiger partial charge in [0.15, 0.2) is 0 Å². The van der Waals surface area contributed by atoms with Crippen LogP contribution < -0.4 is 10.6 Å². The molecule has 0 bridgehead atoms. The molecule has 0 spiro atoms. The number of carbonyl (C=O) groups excluding carboxylic acids is 2. The molecular weight excluding hydrogens is 462 g/mol. The third kappa shape index (κ3) is 7.02. The molecule has 1 fully saturated rings. The molecule has 2 atom stereocenters. The van der Waals surface area contributed by atoms with Gasteiger partial charge in [-0.15, -0.1) is 0 Å². The molecule has 2 unspecified atom stereocenters. The van der Waals surface area contributed by atoms with Crippen molar-refractivity contribution < 1.29 is 18.0 Å². The minimum absolute atomic E-state index is 0.0515. The fourth-order valence-electron chi connectivity index (χ4n) is 4.54. The highest BCUT2D eigenvalue weighted by Crippen LogP contribution is 2.27. The summed E-state index contributed by atoms with van der Waals surface area (Å²) >= 11 is 0. The number of hydrogen-bond acceptors (Lipinski definition) is 4. The van der Waals surface area contributed by atoms with Crippen LogP contribution in [0.2, 0.25) is 0 Å². The minimum Gasteiger partial charge on any atom is -0.352 e. The van der Waals surface area contributed by atoms with Crippen LogP contribution in [0.15, 0.2) is 72.1 Å². The lowest BCUT2D eigenvalue weighted by atomic mass is 9.87. The number of hydrogen-bond donors (Lipinski definition) is 2. The highest BCUT2D eigenvalue weighted by Gasteiger charge is 2.38. The van der Waals surface area contributed by atoms with Crippen molar-refractivity contribution in [2.45, 2.75) is 44.0 Å². The number of unbranched alkanes of at least 4 members (excludes halogenated alkanes) is 1. The summed E-state index contributed by atoms with van der Waals surface area (Å²) in [5, 5.41) is 5.81. The smallest absolute Gasteiger partial charge is 0.251 e. The van der Waals surface area contributed by atoms with Crippen molar-refractivity contribution in [3.05, 3.63) is 78.4 Å². The van der Waals surface area contributed by atoms with E-state index in [1.807, 2.05) is 32.0 Å². The van der Waals surface area contributed by atoms with Gasteiger partial charge in [0.2, 0.25) is 15.9 Å². The predicted molar refractivity (Wildman–Crippen MR) is 137 cm³/mol. The van der Waals surface area contributed by atoms with Crippen molar-refractivity contribution >= 4 is 21.8 Å². The van der Waals surface area contributed by atoms with Crippen LogP contribution in [0.4, 0.5) is 0 Å². The molecule has 188 valence electrons. The Hall–Kier alpha value is -2.97. The summed E-state index contributed by atoms with van der Waals surface area (Å²) in [5.74, 6) is -0.571. The fraction of sp³-hybridized carbons (Fsp3) is 0.407. The SMILES string of the molecule is C=CC(=O)NC1C(C)CN(S(=O)(=O)c2ccc(C(=O)NCCCCc3ccccc3)cc2)CC1C. The lowest BCUT2D eigenvalue weighted by Gasteiger charge is -2.40. The van der Waals surface area contributed by atoms with Crippen molar-refractivity contribution in [1.82, 2.24) is 14.9 Å². The zero-order valence-electron chi connectivity index (χ0n) is 20.4. The standard InChI is InChI=1S/C27H35N3O4S/c1-4-25(31)29-26-20(2)18-30(19-21(26)3)35(33,34)24-15-13-23(14-16-24)27(32)28-17-9-8-12-22-10-6-5-7-11-22/h4-7,10-11,13-16,20-21,26H,1,8-9,12,17-19H2,2-3H3,(H,28,32)(H,29,31). The summed E-state index contributed by atoms with van der Waals surface area (Å²) in [6, 6.07) is 16.2. The van der Waals surface area contributed by atoms with E-state index in [0.717, 1.165) is 19.3 Å². The van der Waals surface area contributed by atoms with Gasteiger partial charge >= 0.3 is 0 Å². The van der Waals surface area contributed by atoms with Gasteiger partial charge in [0.1, 0.15) is 0 Å². The first kappa shape index (κ1) is 26.6. The molecule has 7 nitrogen and oxygen atoms in total. The van der Waals surface area contributed by atoms with Crippen LogP contribution >= 0.6 is 0 Å². The number of rotatable bonds is 10. The molecule has 8 heteroatoms. The highest BCUT2D eigenvalue weighted by atomic mass is 32.2. The van der Waals surface area contributed by atoms with Gasteiger partial charge in [-0.2, -0.15) is 4.31 Å². The van der Waals surface area contributed by atoms with Crippen LogP contribution in [-0.2, 0) is 21.2 Å². The second kappa shape index (κ2) is 12.1. The van der Waals surface area contributed by atoms with E-state index in [2.05, 4.69) is 29.3 Å². The molecule has 0 aliphatic carbocycles. The predicted octanol–water partition coefficient (Wildman–Crippen LogP) is 3.39. The van der Waals surface area contributed by atoms with Crippen LogP contribution in [0, 0.1) is 11.8 Å². The largest absolute Gasteiger partial charge is 0.352 e. The van der Waals surface area contributed by atoms with Crippen LogP contribution in [0.3, 0.4) is 0 Å². The van der Waals surface area contributed by atoms with E-state index in [0.29, 0.717) is 25.2 Å². The number of benzene rings is 2. The summed E-state index contributed by atoms with van der Waals surface area (Å²) in [6.45, 7) is 8.52. The monoisotopic (exact) mass is 497 g/mol. The van der Waals surface area contributed by atoms with Crippen LogP contribution in [0.5, 0.6) is 0 Å². The first-order valence-corrected chi connectivity index (χ1v) is 13.5. The zero-order chi connectivity index (χ0) is 25.4. The van der Waals surface area contributed by atoms with E-state index in [4.69, 9.17) is 0 Å². The van der Waals surface area contributed by atoms with Gasteiger partial charge in [0.05, 0.1) is 4.90 Å². The molecule has 0 saturated carbocycles. The number of piperidine rings is 1. The number of nitrogens with zero attached hydrogens (tertiary/aromatic N) is 1. The maximum absolute atomic E-state index is 13.2. The zero-order valence-corrected chi connectivity index (χ0v) is 21.3. The molecule has 1 heterocycles. The van der Waals surface area contributed by atoms with Crippen LogP contribution in [0.25, 0.3) is 0 Å². The number of amides is 2. The maximum Gasteiger partial charge on any atom is 0.251 e. The number of aryl methyl sites for hydroxylation is 1. The quantitative estimate of drug-likeness (QED) is 0.389. The van der Waals surface area contributed by atoms with E-state index in [9.17, 15) is 18.0 Å². The van der Waals surface area contributed by atoms with E-state index < -0.39 is 10.0 Å². The second-order valence-electron chi connectivity index (χ2n) is 9.24. The Morgan fingerprint density at radius 1 is 1.00 bits per heavy atom. The molecule has 2 N–H and O–H groups in total. The molecule has 35 heavy (non-hydrogen) atoms. The summed E-state index contributed by atoms with van der Waals surface area (Å²) in [7, 11) is -3.71. The number of nitrogens with one attached hydrogen (secondary N) is 2. The Bertz CT molecular complexity index is 1100. The Balaban J connectivity index is 1.53. The molecule has 0 radical (unpaired) electrons. The normalized spacial score (nSPS) is 20.7. The minimum atomic E-state index is -3.71. The summed E-state index contributed by atoms with van der Waals surface area (Å²) in [6.07, 6.45) is 4.04. The molecule has 0 aromatic heterocycles. The molecule has 3 rings (SSSR count). The second-order valence-corrected chi connectivity index (χ2v) is 11.2. The Labute approximate surface area is 208 Å². The van der Waals surface area contributed by atoms with Gasteiger partial charge in [-0.25, -0.2) is 8.42 Å². The van der Waals surface area contributed by atoms with Gasteiger partial charge in [-0.3, -0.25) is 9.59 Å². The Morgan fingerprint density at radius 2 is 1.63 bits per heavy atom. The van der Waals surface area contributed by atoms with E-state index in [-0.39, 0.29) is 34.6 Å². The molecule has 2 aromatic rings. The van der Waals surface area contributed by atoms with E-state index in [1.165, 1.54) is 28.1 Å². The summed E-state index contributed by atoms with van der Waals surface area (Å²) in [5.41, 5.74) is 1.71. The lowest BCUT2D eigenvalue weighted by Crippen LogP contribution is -2.55. The van der Waals surface area contributed by atoms with Crippen molar-refractivity contribution in [2.24, 2.45) is 11.8 Å². The Kier molecular flexibility index (Phi) is 9.23. The van der Waals surface area contributed by atoms with Gasteiger partial charge < -0.3 is 10.6 Å². The van der Waals surface area contributed by atoms with Crippen LogP contribution in [0.1, 0.15) is 42.6 Å². The van der Waals surface area contributed by atoms with Gasteiger partial charge in [-0.1, -0.05) is 50.8 Å². The fourth-order valence-corrected chi connectivity index (χ4v) is 6.18. The highest BCUT2D eigenvalue weighted by molar-refractivity contribution is 7.89. The van der Waals surface area contributed by atoms with Crippen molar-refractivity contribution in [1.29, 1.82) is 0 Å². The first-order valence-electron chi connectivity index (χ1n) is 12.1. The molecule has 2 aromatic carbocycles. The number of sulfonamides is 1. The van der Waals surface area contributed by atoms with E-state index in [1.54, 1.807) is 12.1 Å². The summed E-state index contributed by atoms with van der Waals surface area (Å²) < 4.78 is 27.9. The van der Waals surface area contributed by atoms with Crippen molar-refractivity contribution in [2.75, 3.05) is 19.6 Å². The van der Waals surface area contributed by atoms with E-state index >= 15 is 0 Å². The third-order valence-electron chi connectivity index (χ3n) is 6.48. The molecule has 2 amide bonds. The van der Waals surface area contributed by atoms with Crippen molar-refractivity contribution in [3.8, 4) is 0 Å². The summed E-state index contributed by atoms with van der Waals surface area (Å²) in [4.78, 5) is 24.3. The molecule has 1 saturated heterocycles. The maximum atomic E-state index is 13.2. The van der Waals surface area contributed by atoms with Gasteiger partial charge in [0, 0.05) is 31.2 Å². The number of carbonyl (C=O) groups is 2.